The van der Waals surface area contributed by atoms with E-state index in [0.29, 0.717) is 11.5 Å². The van der Waals surface area contributed by atoms with E-state index in [2.05, 4.69) is 31.7 Å². The highest BCUT2D eigenvalue weighted by Gasteiger charge is 2.06. The van der Waals surface area contributed by atoms with Crippen molar-refractivity contribution < 1.29 is 9.59 Å². The third-order valence-electron chi connectivity index (χ3n) is 2.54. The Morgan fingerprint density at radius 2 is 2.05 bits per heavy atom. The van der Waals surface area contributed by atoms with Crippen molar-refractivity contribution in [2.45, 2.75) is 6.54 Å². The molecular weight excluding hydrogens is 338 g/mol. The van der Waals surface area contributed by atoms with Crippen molar-refractivity contribution in [2.75, 3.05) is 17.2 Å². The number of carbonyl (C=O) groups excluding carboxylic acids is 2. The Balaban J connectivity index is 1.85. The highest BCUT2D eigenvalue weighted by molar-refractivity contribution is 9.10. The SMILES string of the molecule is NC(=O)Cn1ccc(NCC(=O)Nc2ccccc2Br)n1. The average Bonchev–Trinajstić information content (AvgIpc) is 2.86. The monoisotopic (exact) mass is 351 g/mol. The molecule has 0 aliphatic carbocycles. The molecule has 2 amide bonds. The summed E-state index contributed by atoms with van der Waals surface area (Å²) in [5.41, 5.74) is 5.77. The standard InChI is InChI=1S/C13H14BrN5O2/c14-9-3-1-2-4-10(9)17-13(21)7-16-12-5-6-19(18-12)8-11(15)20/h1-6H,7-8H2,(H2,15,20)(H,16,18)(H,17,21). The molecule has 0 fully saturated rings. The van der Waals surface area contributed by atoms with Crippen molar-refractivity contribution in [3.05, 3.63) is 41.0 Å². The second kappa shape index (κ2) is 6.89. The summed E-state index contributed by atoms with van der Waals surface area (Å²) >= 11 is 3.35. The molecule has 0 aliphatic rings. The van der Waals surface area contributed by atoms with Crippen LogP contribution in [0.4, 0.5) is 11.5 Å². The lowest BCUT2D eigenvalue weighted by atomic mass is 10.3. The van der Waals surface area contributed by atoms with Crippen LogP contribution in [0.2, 0.25) is 0 Å². The van der Waals surface area contributed by atoms with Crippen molar-refractivity contribution in [1.29, 1.82) is 0 Å². The quantitative estimate of drug-likeness (QED) is 0.727. The van der Waals surface area contributed by atoms with Gasteiger partial charge in [0.25, 0.3) is 0 Å². The molecule has 110 valence electrons. The van der Waals surface area contributed by atoms with E-state index in [1.807, 2.05) is 18.2 Å². The molecule has 21 heavy (non-hydrogen) atoms. The molecule has 2 rings (SSSR count). The van der Waals surface area contributed by atoms with Gasteiger partial charge in [-0.25, -0.2) is 0 Å². The molecule has 0 saturated carbocycles. The lowest BCUT2D eigenvalue weighted by molar-refractivity contribution is -0.118. The molecule has 0 atom stereocenters. The molecule has 7 nitrogen and oxygen atoms in total. The van der Waals surface area contributed by atoms with Crippen LogP contribution in [0.15, 0.2) is 41.0 Å². The summed E-state index contributed by atoms with van der Waals surface area (Å²) in [7, 11) is 0. The lowest BCUT2D eigenvalue weighted by Crippen LogP contribution is -2.22. The van der Waals surface area contributed by atoms with Gasteiger partial charge in [0.15, 0.2) is 0 Å². The number of halogens is 1. The Morgan fingerprint density at radius 3 is 2.76 bits per heavy atom. The Hall–Kier alpha value is -2.35. The van der Waals surface area contributed by atoms with E-state index in [0.717, 1.165) is 4.47 Å². The van der Waals surface area contributed by atoms with Crippen LogP contribution in [0, 0.1) is 0 Å². The summed E-state index contributed by atoms with van der Waals surface area (Å²) in [6.45, 7) is 0.0692. The van der Waals surface area contributed by atoms with Crippen molar-refractivity contribution >= 4 is 39.2 Å². The predicted octanol–water partition coefficient (Wildman–Crippen LogP) is 1.18. The third kappa shape index (κ3) is 4.60. The van der Waals surface area contributed by atoms with E-state index in [1.165, 1.54) is 4.68 Å². The molecule has 0 saturated heterocycles. The second-order valence-electron chi connectivity index (χ2n) is 4.25. The predicted molar refractivity (Wildman–Crippen MR) is 82.7 cm³/mol. The fraction of sp³-hybridized carbons (Fsp3) is 0.154. The molecule has 8 heteroatoms. The van der Waals surface area contributed by atoms with Gasteiger partial charge in [0.1, 0.15) is 12.4 Å². The van der Waals surface area contributed by atoms with Gasteiger partial charge in [0, 0.05) is 16.7 Å². The maximum atomic E-state index is 11.8. The van der Waals surface area contributed by atoms with Crippen molar-refractivity contribution in [3.63, 3.8) is 0 Å². The number of hydrogen-bond acceptors (Lipinski definition) is 4. The van der Waals surface area contributed by atoms with Gasteiger partial charge >= 0.3 is 0 Å². The van der Waals surface area contributed by atoms with Gasteiger partial charge in [0.2, 0.25) is 11.8 Å². The van der Waals surface area contributed by atoms with Crippen LogP contribution in [0.25, 0.3) is 0 Å². The van der Waals surface area contributed by atoms with Crippen LogP contribution in [-0.2, 0) is 16.1 Å². The summed E-state index contributed by atoms with van der Waals surface area (Å²) in [5, 5.41) is 9.69. The minimum atomic E-state index is -0.476. The minimum Gasteiger partial charge on any atom is -0.368 e. The van der Waals surface area contributed by atoms with Gasteiger partial charge in [-0.05, 0) is 28.1 Å². The highest BCUT2D eigenvalue weighted by atomic mass is 79.9. The zero-order valence-corrected chi connectivity index (χ0v) is 12.6. The first-order chi connectivity index (χ1) is 10.0. The topological polar surface area (TPSA) is 102 Å². The third-order valence-corrected chi connectivity index (χ3v) is 3.23. The smallest absolute Gasteiger partial charge is 0.243 e. The fourth-order valence-electron chi connectivity index (χ4n) is 1.63. The largest absolute Gasteiger partial charge is 0.368 e. The first-order valence-electron chi connectivity index (χ1n) is 6.14. The Kier molecular flexibility index (Phi) is 4.94. The molecule has 1 aromatic carbocycles. The average molecular weight is 352 g/mol. The number of carbonyl (C=O) groups is 2. The summed E-state index contributed by atoms with van der Waals surface area (Å²) in [4.78, 5) is 22.6. The van der Waals surface area contributed by atoms with Crippen LogP contribution in [0.1, 0.15) is 0 Å². The molecule has 0 spiro atoms. The number of nitrogens with two attached hydrogens (primary N) is 1. The molecule has 0 unspecified atom stereocenters. The fourth-order valence-corrected chi connectivity index (χ4v) is 2.02. The summed E-state index contributed by atoms with van der Waals surface area (Å²) in [5.74, 6) is -0.179. The highest BCUT2D eigenvalue weighted by Crippen LogP contribution is 2.20. The molecule has 0 aliphatic heterocycles. The van der Waals surface area contributed by atoms with E-state index >= 15 is 0 Å². The number of para-hydroxylation sites is 1. The van der Waals surface area contributed by atoms with Crippen molar-refractivity contribution in [2.24, 2.45) is 5.73 Å². The molecule has 1 heterocycles. The molecule has 4 N–H and O–H groups in total. The number of hydrogen-bond donors (Lipinski definition) is 3. The van der Waals surface area contributed by atoms with Crippen molar-refractivity contribution in [3.8, 4) is 0 Å². The number of nitrogens with zero attached hydrogens (tertiary/aromatic N) is 2. The van der Waals surface area contributed by atoms with Gasteiger partial charge < -0.3 is 16.4 Å². The van der Waals surface area contributed by atoms with Gasteiger partial charge in [-0.1, -0.05) is 12.1 Å². The number of aromatic nitrogens is 2. The number of primary amides is 1. The van der Waals surface area contributed by atoms with Crippen LogP contribution < -0.4 is 16.4 Å². The minimum absolute atomic E-state index is 0.00480. The summed E-state index contributed by atoms with van der Waals surface area (Å²) < 4.78 is 2.21. The first kappa shape index (κ1) is 15.0. The first-order valence-corrected chi connectivity index (χ1v) is 6.94. The molecule has 1 aromatic heterocycles. The van der Waals surface area contributed by atoms with Crippen molar-refractivity contribution in [1.82, 2.24) is 9.78 Å². The Labute approximate surface area is 129 Å². The van der Waals surface area contributed by atoms with Crippen LogP contribution >= 0.6 is 15.9 Å². The number of anilines is 2. The summed E-state index contributed by atoms with van der Waals surface area (Å²) in [6.07, 6.45) is 1.61. The van der Waals surface area contributed by atoms with E-state index < -0.39 is 5.91 Å². The summed E-state index contributed by atoms with van der Waals surface area (Å²) in [6, 6.07) is 9.00. The molecule has 0 radical (unpaired) electrons. The normalized spacial score (nSPS) is 10.1. The molecular formula is C13H14BrN5O2. The van der Waals surface area contributed by atoms with E-state index in [1.54, 1.807) is 18.3 Å². The van der Waals surface area contributed by atoms with Gasteiger partial charge in [-0.3, -0.25) is 14.3 Å². The maximum absolute atomic E-state index is 11.8. The van der Waals surface area contributed by atoms with E-state index in [4.69, 9.17) is 5.73 Å². The van der Waals surface area contributed by atoms with Gasteiger partial charge in [-0.15, -0.1) is 0 Å². The Morgan fingerprint density at radius 1 is 1.29 bits per heavy atom. The number of rotatable bonds is 6. The van der Waals surface area contributed by atoms with Crippen LogP contribution in [0.5, 0.6) is 0 Å². The van der Waals surface area contributed by atoms with E-state index in [9.17, 15) is 9.59 Å². The molecule has 0 bridgehead atoms. The van der Waals surface area contributed by atoms with Gasteiger partial charge in [-0.2, -0.15) is 5.10 Å². The maximum Gasteiger partial charge on any atom is 0.243 e. The van der Waals surface area contributed by atoms with Crippen LogP contribution in [0.3, 0.4) is 0 Å². The van der Waals surface area contributed by atoms with E-state index in [-0.39, 0.29) is 19.0 Å². The van der Waals surface area contributed by atoms with Gasteiger partial charge in [0.05, 0.1) is 12.2 Å². The molecule has 2 aromatic rings. The number of nitrogens with one attached hydrogen (secondary N) is 2. The van der Waals surface area contributed by atoms with Crippen LogP contribution in [-0.4, -0.2) is 28.1 Å². The Bertz CT molecular complexity index is 656. The lowest BCUT2D eigenvalue weighted by Gasteiger charge is -2.07. The number of amides is 2. The zero-order chi connectivity index (χ0) is 15.2. The zero-order valence-electron chi connectivity index (χ0n) is 11.0. The second-order valence-corrected chi connectivity index (χ2v) is 5.10. The number of benzene rings is 1.